The molecular weight excluding hydrogens is 366 g/mol. The van der Waals surface area contributed by atoms with Gasteiger partial charge in [-0.05, 0) is 49.6 Å². The first kappa shape index (κ1) is 22.4. The van der Waals surface area contributed by atoms with E-state index in [0.29, 0.717) is 18.8 Å². The van der Waals surface area contributed by atoms with Gasteiger partial charge in [0.1, 0.15) is 5.75 Å². The lowest BCUT2D eigenvalue weighted by atomic mass is 10.1. The van der Waals surface area contributed by atoms with Crippen molar-refractivity contribution in [2.75, 3.05) is 13.2 Å². The van der Waals surface area contributed by atoms with Crippen molar-refractivity contribution in [1.82, 2.24) is 15.2 Å². The SMILES string of the molecule is CCCc1ccc(OCC(=O)N(CCC(=O)NCc2cccnc2)C(C)C)cc1. The lowest BCUT2D eigenvalue weighted by molar-refractivity contribution is -0.135. The third-order valence-electron chi connectivity index (χ3n) is 4.56. The molecule has 1 heterocycles. The van der Waals surface area contributed by atoms with E-state index in [-0.39, 0.29) is 30.9 Å². The Hall–Kier alpha value is -2.89. The number of carbonyl (C=O) groups excluding carboxylic acids is 2. The molecule has 0 radical (unpaired) electrons. The Bertz CT molecular complexity index is 761. The van der Waals surface area contributed by atoms with Crippen molar-refractivity contribution in [3.05, 3.63) is 59.9 Å². The Labute approximate surface area is 173 Å². The Balaban J connectivity index is 1.78. The van der Waals surface area contributed by atoms with Crippen LogP contribution in [0.1, 0.15) is 44.7 Å². The summed E-state index contributed by atoms with van der Waals surface area (Å²) in [4.78, 5) is 30.4. The zero-order valence-electron chi connectivity index (χ0n) is 17.6. The van der Waals surface area contributed by atoms with Gasteiger partial charge in [0.25, 0.3) is 5.91 Å². The molecule has 6 heteroatoms. The predicted molar refractivity (Wildman–Crippen MR) is 113 cm³/mol. The highest BCUT2D eigenvalue weighted by Crippen LogP contribution is 2.14. The molecule has 0 aliphatic heterocycles. The van der Waals surface area contributed by atoms with Gasteiger partial charge in [-0.15, -0.1) is 0 Å². The van der Waals surface area contributed by atoms with Gasteiger partial charge in [-0.25, -0.2) is 0 Å². The number of aromatic nitrogens is 1. The summed E-state index contributed by atoms with van der Waals surface area (Å²) in [6, 6.07) is 11.6. The number of amides is 2. The van der Waals surface area contributed by atoms with Gasteiger partial charge in [0.15, 0.2) is 6.61 Å². The second kappa shape index (κ2) is 11.8. The third kappa shape index (κ3) is 7.94. The van der Waals surface area contributed by atoms with Crippen LogP contribution < -0.4 is 10.1 Å². The quantitative estimate of drug-likeness (QED) is 0.631. The number of carbonyl (C=O) groups is 2. The van der Waals surface area contributed by atoms with Crippen LogP contribution in [0, 0.1) is 0 Å². The molecule has 29 heavy (non-hydrogen) atoms. The summed E-state index contributed by atoms with van der Waals surface area (Å²) >= 11 is 0. The van der Waals surface area contributed by atoms with Gasteiger partial charge < -0.3 is 15.0 Å². The second-order valence-electron chi connectivity index (χ2n) is 7.25. The fraction of sp³-hybridized carbons (Fsp3) is 0.435. The summed E-state index contributed by atoms with van der Waals surface area (Å²) in [5.74, 6) is 0.452. The summed E-state index contributed by atoms with van der Waals surface area (Å²) in [6.45, 7) is 6.76. The number of hydrogen-bond donors (Lipinski definition) is 1. The lowest BCUT2D eigenvalue weighted by Gasteiger charge is -2.26. The highest BCUT2D eigenvalue weighted by Gasteiger charge is 2.18. The molecule has 0 spiro atoms. The molecule has 0 fully saturated rings. The standard InChI is InChI=1S/C23H31N3O3/c1-4-6-19-8-10-21(11-9-19)29-17-23(28)26(18(2)3)14-12-22(27)25-16-20-7-5-13-24-15-20/h5,7-11,13,15,18H,4,6,12,14,16-17H2,1-3H3,(H,25,27). The molecule has 0 aliphatic rings. The number of nitrogens with one attached hydrogen (secondary N) is 1. The average Bonchev–Trinajstić information content (AvgIpc) is 2.72. The molecule has 1 aromatic carbocycles. The summed E-state index contributed by atoms with van der Waals surface area (Å²) < 4.78 is 5.65. The molecule has 2 amide bonds. The van der Waals surface area contributed by atoms with Crippen LogP contribution >= 0.6 is 0 Å². The number of ether oxygens (including phenoxy) is 1. The van der Waals surface area contributed by atoms with Gasteiger partial charge in [0.2, 0.25) is 5.91 Å². The molecule has 6 nitrogen and oxygen atoms in total. The monoisotopic (exact) mass is 397 g/mol. The molecule has 2 rings (SSSR count). The maximum atomic E-state index is 12.6. The highest BCUT2D eigenvalue weighted by atomic mass is 16.5. The molecule has 1 aromatic heterocycles. The van der Waals surface area contributed by atoms with E-state index in [1.165, 1.54) is 5.56 Å². The van der Waals surface area contributed by atoms with Gasteiger partial charge in [0, 0.05) is 37.9 Å². The molecule has 0 atom stereocenters. The van der Waals surface area contributed by atoms with Crippen LogP contribution in [0.15, 0.2) is 48.8 Å². The maximum Gasteiger partial charge on any atom is 0.260 e. The smallest absolute Gasteiger partial charge is 0.260 e. The Morgan fingerprint density at radius 1 is 1.14 bits per heavy atom. The number of rotatable bonds is 11. The van der Waals surface area contributed by atoms with Crippen molar-refractivity contribution in [3.63, 3.8) is 0 Å². The summed E-state index contributed by atoms with van der Waals surface area (Å²) in [5, 5.41) is 2.86. The normalized spacial score (nSPS) is 10.6. The number of benzene rings is 1. The largest absolute Gasteiger partial charge is 0.484 e. The van der Waals surface area contributed by atoms with E-state index in [1.807, 2.05) is 50.2 Å². The highest BCUT2D eigenvalue weighted by molar-refractivity contribution is 5.80. The first-order valence-electron chi connectivity index (χ1n) is 10.2. The molecule has 2 aromatic rings. The molecule has 0 aliphatic carbocycles. The maximum absolute atomic E-state index is 12.6. The van der Waals surface area contributed by atoms with Crippen molar-refractivity contribution in [2.24, 2.45) is 0 Å². The van der Waals surface area contributed by atoms with Gasteiger partial charge in [-0.3, -0.25) is 14.6 Å². The predicted octanol–water partition coefficient (Wildman–Crippen LogP) is 3.36. The van der Waals surface area contributed by atoms with E-state index < -0.39 is 0 Å². The minimum absolute atomic E-state index is 0.0100. The Kier molecular flexibility index (Phi) is 9.15. The minimum atomic E-state index is -0.127. The Morgan fingerprint density at radius 2 is 1.90 bits per heavy atom. The van der Waals surface area contributed by atoms with Crippen molar-refractivity contribution in [2.45, 2.75) is 52.6 Å². The van der Waals surface area contributed by atoms with E-state index in [2.05, 4.69) is 17.2 Å². The number of pyridine rings is 1. The molecule has 156 valence electrons. The van der Waals surface area contributed by atoms with E-state index in [0.717, 1.165) is 18.4 Å². The van der Waals surface area contributed by atoms with E-state index >= 15 is 0 Å². The fourth-order valence-electron chi connectivity index (χ4n) is 2.95. The van der Waals surface area contributed by atoms with Crippen LogP contribution in [0.3, 0.4) is 0 Å². The third-order valence-corrected chi connectivity index (χ3v) is 4.56. The fourth-order valence-corrected chi connectivity index (χ4v) is 2.95. The van der Waals surface area contributed by atoms with Crippen molar-refractivity contribution in [3.8, 4) is 5.75 Å². The zero-order chi connectivity index (χ0) is 21.1. The van der Waals surface area contributed by atoms with Crippen molar-refractivity contribution >= 4 is 11.8 Å². The van der Waals surface area contributed by atoms with Gasteiger partial charge in [-0.2, -0.15) is 0 Å². The lowest BCUT2D eigenvalue weighted by Crippen LogP contribution is -2.42. The molecule has 0 unspecified atom stereocenters. The van der Waals surface area contributed by atoms with Crippen LogP contribution in [0.2, 0.25) is 0 Å². The van der Waals surface area contributed by atoms with Gasteiger partial charge >= 0.3 is 0 Å². The first-order chi connectivity index (χ1) is 14.0. The number of aryl methyl sites for hydroxylation is 1. The van der Waals surface area contributed by atoms with Crippen LogP contribution in [0.5, 0.6) is 5.75 Å². The Morgan fingerprint density at radius 3 is 2.52 bits per heavy atom. The van der Waals surface area contributed by atoms with E-state index in [1.54, 1.807) is 17.3 Å². The van der Waals surface area contributed by atoms with Crippen LogP contribution in [0.25, 0.3) is 0 Å². The topological polar surface area (TPSA) is 71.5 Å². The summed E-state index contributed by atoms with van der Waals surface area (Å²) in [5.41, 5.74) is 2.20. The number of nitrogens with zero attached hydrogens (tertiary/aromatic N) is 2. The van der Waals surface area contributed by atoms with Crippen LogP contribution in [0.4, 0.5) is 0 Å². The van der Waals surface area contributed by atoms with Crippen molar-refractivity contribution < 1.29 is 14.3 Å². The summed E-state index contributed by atoms with van der Waals surface area (Å²) in [6.07, 6.45) is 5.78. The molecule has 0 saturated carbocycles. The van der Waals surface area contributed by atoms with Gasteiger partial charge in [0.05, 0.1) is 0 Å². The second-order valence-corrected chi connectivity index (χ2v) is 7.25. The molecule has 0 saturated heterocycles. The number of hydrogen-bond acceptors (Lipinski definition) is 4. The summed E-state index contributed by atoms with van der Waals surface area (Å²) in [7, 11) is 0. The van der Waals surface area contributed by atoms with E-state index in [4.69, 9.17) is 4.74 Å². The van der Waals surface area contributed by atoms with Crippen LogP contribution in [-0.2, 0) is 22.6 Å². The average molecular weight is 398 g/mol. The molecule has 0 bridgehead atoms. The first-order valence-corrected chi connectivity index (χ1v) is 10.2. The van der Waals surface area contributed by atoms with Gasteiger partial charge in [-0.1, -0.05) is 31.5 Å². The van der Waals surface area contributed by atoms with E-state index in [9.17, 15) is 9.59 Å². The minimum Gasteiger partial charge on any atom is -0.484 e. The van der Waals surface area contributed by atoms with Crippen molar-refractivity contribution in [1.29, 1.82) is 0 Å². The molecule has 1 N–H and O–H groups in total. The molecular formula is C23H31N3O3. The zero-order valence-corrected chi connectivity index (χ0v) is 17.6. The van der Waals surface area contributed by atoms with Crippen LogP contribution in [-0.4, -0.2) is 40.9 Å².